The molecule has 0 fully saturated rings. The predicted octanol–water partition coefficient (Wildman–Crippen LogP) is 1.77. The average Bonchev–Trinajstić information content (AvgIpc) is 1.85. The van der Waals surface area contributed by atoms with Gasteiger partial charge in [0.1, 0.15) is 0 Å². The normalized spacial score (nSPS) is 9.56. The highest BCUT2D eigenvalue weighted by Crippen LogP contribution is 1.90. The first kappa shape index (κ1) is 7.54. The molecule has 0 aromatic carbocycles. The van der Waals surface area contributed by atoms with E-state index in [1.807, 2.05) is 6.07 Å². The maximum absolute atomic E-state index is 8.07. The van der Waals surface area contributed by atoms with E-state index in [1.54, 1.807) is 6.92 Å². The van der Waals surface area contributed by atoms with Gasteiger partial charge in [0, 0.05) is 17.5 Å². The van der Waals surface area contributed by atoms with Gasteiger partial charge in [-0.15, -0.1) is 0 Å². The van der Waals surface area contributed by atoms with Gasteiger partial charge in [-0.1, -0.05) is 10.7 Å². The topological polar surface area (TPSA) is 72.5 Å². The highest BCUT2D eigenvalue weighted by atomic mass is 15.1. The maximum atomic E-state index is 8.07. The molecule has 0 aromatic heterocycles. The summed E-state index contributed by atoms with van der Waals surface area (Å²) in [7, 11) is 0. The molecule has 46 valence electrons. The lowest BCUT2D eigenvalue weighted by atomic mass is 10.3. The summed E-state index contributed by atoms with van der Waals surface area (Å²) >= 11 is 0. The van der Waals surface area contributed by atoms with Crippen LogP contribution in [-0.2, 0) is 0 Å². The van der Waals surface area contributed by atoms with Crippen molar-refractivity contribution in [2.24, 2.45) is 5.11 Å². The molecular formula is C5H6N4. The Labute approximate surface area is 53.0 Å². The monoisotopic (exact) mass is 122 g/mol. The van der Waals surface area contributed by atoms with Gasteiger partial charge in [0.25, 0.3) is 0 Å². The third-order valence-corrected chi connectivity index (χ3v) is 0.694. The second-order valence-electron chi connectivity index (χ2n) is 1.51. The van der Waals surface area contributed by atoms with E-state index in [0.29, 0.717) is 0 Å². The molecule has 0 saturated carbocycles. The lowest BCUT2D eigenvalue weighted by Crippen LogP contribution is -1.77. The molecule has 0 aliphatic heterocycles. The van der Waals surface area contributed by atoms with Crippen LogP contribution in [0.4, 0.5) is 0 Å². The molecule has 0 aliphatic rings. The summed E-state index contributed by atoms with van der Waals surface area (Å²) < 4.78 is 0. The van der Waals surface area contributed by atoms with Crippen molar-refractivity contribution in [3.8, 4) is 6.07 Å². The molecule has 9 heavy (non-hydrogen) atoms. The van der Waals surface area contributed by atoms with E-state index < -0.39 is 0 Å². The molecule has 0 atom stereocenters. The minimum atomic E-state index is 0.282. The summed E-state index contributed by atoms with van der Waals surface area (Å²) in [6, 6.07) is 1.83. The van der Waals surface area contributed by atoms with Gasteiger partial charge in [-0.2, -0.15) is 5.26 Å². The zero-order valence-electron chi connectivity index (χ0n) is 5.07. The van der Waals surface area contributed by atoms with Crippen molar-refractivity contribution in [2.75, 3.05) is 6.54 Å². The van der Waals surface area contributed by atoms with Gasteiger partial charge in [-0.05, 0) is 12.5 Å². The first-order valence-corrected chi connectivity index (χ1v) is 2.37. The summed E-state index contributed by atoms with van der Waals surface area (Å²) in [5.74, 6) is 0. The maximum Gasteiger partial charge on any atom is 0.0911 e. The highest BCUT2D eigenvalue weighted by Gasteiger charge is 1.81. The van der Waals surface area contributed by atoms with Crippen molar-refractivity contribution in [2.45, 2.75) is 6.92 Å². The van der Waals surface area contributed by atoms with Crippen LogP contribution in [0, 0.1) is 11.3 Å². The largest absolute Gasteiger partial charge is 0.193 e. The lowest BCUT2D eigenvalue weighted by Gasteiger charge is -1.84. The van der Waals surface area contributed by atoms with Crippen molar-refractivity contribution in [3.05, 3.63) is 22.1 Å². The van der Waals surface area contributed by atoms with Crippen LogP contribution in [0.2, 0.25) is 0 Å². The van der Waals surface area contributed by atoms with Crippen molar-refractivity contribution in [1.29, 1.82) is 5.26 Å². The number of azide groups is 1. The summed E-state index contributed by atoms with van der Waals surface area (Å²) in [5.41, 5.74) is 8.60. The third-order valence-electron chi connectivity index (χ3n) is 0.694. The molecular weight excluding hydrogens is 116 g/mol. The van der Waals surface area contributed by atoms with Crippen LogP contribution in [0.3, 0.4) is 0 Å². The predicted molar refractivity (Wildman–Crippen MR) is 33.4 cm³/mol. The van der Waals surface area contributed by atoms with Crippen molar-refractivity contribution >= 4 is 0 Å². The Morgan fingerprint density at radius 1 is 2.00 bits per heavy atom. The molecule has 0 spiro atoms. The molecule has 0 N–H and O–H groups in total. The smallest absolute Gasteiger partial charge is 0.0911 e. The van der Waals surface area contributed by atoms with Crippen LogP contribution >= 0.6 is 0 Å². The fourth-order valence-corrected chi connectivity index (χ4v) is 0.299. The van der Waals surface area contributed by atoms with E-state index in [4.69, 9.17) is 10.8 Å². The number of hydrogen-bond acceptors (Lipinski definition) is 2. The Kier molecular flexibility index (Phi) is 3.93. The Morgan fingerprint density at radius 2 is 2.67 bits per heavy atom. The number of allylic oxidation sites excluding steroid dienone is 1. The van der Waals surface area contributed by atoms with Gasteiger partial charge in [-0.3, -0.25) is 0 Å². The molecule has 0 aliphatic carbocycles. The van der Waals surface area contributed by atoms with Crippen molar-refractivity contribution in [1.82, 2.24) is 0 Å². The number of hydrogen-bond donors (Lipinski definition) is 0. The number of rotatable bonds is 2. The number of nitriles is 1. The fourth-order valence-electron chi connectivity index (χ4n) is 0.299. The molecule has 0 unspecified atom stereocenters. The van der Waals surface area contributed by atoms with E-state index in [1.165, 1.54) is 6.08 Å². The SMILES string of the molecule is C/C(=C/C#N)CN=[N+]=[N-]. The quantitative estimate of drug-likeness (QED) is 0.238. The Morgan fingerprint density at radius 3 is 3.11 bits per heavy atom. The molecule has 0 aromatic rings. The van der Waals surface area contributed by atoms with E-state index in [9.17, 15) is 0 Å². The van der Waals surface area contributed by atoms with Gasteiger partial charge >= 0.3 is 0 Å². The van der Waals surface area contributed by atoms with Gasteiger partial charge in [-0.25, -0.2) is 0 Å². The second-order valence-corrected chi connectivity index (χ2v) is 1.51. The van der Waals surface area contributed by atoms with Crippen LogP contribution in [0.1, 0.15) is 6.92 Å². The third kappa shape index (κ3) is 4.39. The molecule has 0 radical (unpaired) electrons. The summed E-state index contributed by atoms with van der Waals surface area (Å²) in [6.45, 7) is 2.02. The van der Waals surface area contributed by atoms with Crippen LogP contribution in [0.15, 0.2) is 16.8 Å². The second kappa shape index (κ2) is 4.69. The summed E-state index contributed by atoms with van der Waals surface area (Å²) in [5, 5.41) is 11.3. The van der Waals surface area contributed by atoms with Gasteiger partial charge in [0.2, 0.25) is 0 Å². The first-order chi connectivity index (χ1) is 4.31. The van der Waals surface area contributed by atoms with Gasteiger partial charge in [0.15, 0.2) is 0 Å². The molecule has 0 bridgehead atoms. The molecule has 0 amide bonds. The molecule has 0 rings (SSSR count). The molecule has 4 heteroatoms. The summed E-state index contributed by atoms with van der Waals surface area (Å²) in [6.07, 6.45) is 1.36. The Balaban J connectivity index is 3.79. The zero-order valence-corrected chi connectivity index (χ0v) is 5.07. The Hall–Kier alpha value is -1.46. The standard InChI is InChI=1S/C5H6N4/c1-5(2-3-6)4-8-9-7/h2H,4H2,1H3/b5-2-. The first-order valence-electron chi connectivity index (χ1n) is 2.37. The average molecular weight is 122 g/mol. The molecule has 4 nitrogen and oxygen atoms in total. The van der Waals surface area contributed by atoms with E-state index in [-0.39, 0.29) is 6.54 Å². The fraction of sp³-hybridized carbons (Fsp3) is 0.400. The van der Waals surface area contributed by atoms with Crippen LogP contribution < -0.4 is 0 Å². The Bertz CT molecular complexity index is 191. The van der Waals surface area contributed by atoms with Crippen LogP contribution in [-0.4, -0.2) is 6.54 Å². The van der Waals surface area contributed by atoms with Crippen molar-refractivity contribution < 1.29 is 0 Å². The van der Waals surface area contributed by atoms with Crippen LogP contribution in [0.25, 0.3) is 10.4 Å². The van der Waals surface area contributed by atoms with E-state index >= 15 is 0 Å². The molecule has 0 saturated heterocycles. The highest BCUT2D eigenvalue weighted by molar-refractivity contribution is 5.12. The van der Waals surface area contributed by atoms with E-state index in [2.05, 4.69) is 10.0 Å². The minimum Gasteiger partial charge on any atom is -0.193 e. The van der Waals surface area contributed by atoms with Gasteiger partial charge < -0.3 is 0 Å². The minimum absolute atomic E-state index is 0.282. The van der Waals surface area contributed by atoms with E-state index in [0.717, 1.165) is 5.57 Å². The van der Waals surface area contributed by atoms with Crippen molar-refractivity contribution in [3.63, 3.8) is 0 Å². The summed E-state index contributed by atoms with van der Waals surface area (Å²) in [4.78, 5) is 2.53. The zero-order chi connectivity index (χ0) is 7.11. The van der Waals surface area contributed by atoms with Crippen LogP contribution in [0.5, 0.6) is 0 Å². The van der Waals surface area contributed by atoms with Gasteiger partial charge in [0.05, 0.1) is 6.07 Å². The number of nitrogens with zero attached hydrogens (tertiary/aromatic N) is 4. The molecule has 0 heterocycles. The lowest BCUT2D eigenvalue weighted by molar-refractivity contribution is 1.11.